The number of fused-ring (bicyclic) bond motifs is 1. The quantitative estimate of drug-likeness (QED) is 0.818. The first-order valence-electron chi connectivity index (χ1n) is 7.30. The van der Waals surface area contributed by atoms with E-state index in [0.717, 1.165) is 19.3 Å². The monoisotopic (exact) mass is 293 g/mol. The highest BCUT2D eigenvalue weighted by atomic mass is 16.5. The topological polar surface area (TPSA) is 83.7 Å². The molecule has 0 aromatic heterocycles. The van der Waals surface area contributed by atoms with Crippen molar-refractivity contribution in [1.29, 1.82) is 0 Å². The zero-order chi connectivity index (χ0) is 14.8. The van der Waals surface area contributed by atoms with Crippen LogP contribution in [0.1, 0.15) is 26.2 Å². The van der Waals surface area contributed by atoms with Gasteiger partial charge < -0.3 is 19.5 Å². The minimum atomic E-state index is -1.03. The summed E-state index contributed by atoms with van der Waals surface area (Å²) >= 11 is 0. The third-order valence-corrected chi connectivity index (χ3v) is 3.84. The van der Waals surface area contributed by atoms with Gasteiger partial charge in [-0.3, -0.25) is 0 Å². The standard InChI is InChI=1S/C14H19N3O4/c1-2-20-8-9-6-15-14-16-12(21-10-4-3-5-10)11(13(18)19)7-17(9)14/h7,9-10H,2-6,8H2,1H3,(H,18,19). The molecule has 2 heterocycles. The SMILES string of the molecule is CCOCC1CN=C2N=C(OC3CCC3)C(C(=O)O)=CN21. The normalized spacial score (nSPS) is 24.7. The van der Waals surface area contributed by atoms with Crippen LogP contribution in [0.3, 0.4) is 0 Å². The van der Waals surface area contributed by atoms with E-state index in [1.54, 1.807) is 11.1 Å². The largest absolute Gasteiger partial charge is 0.477 e. The number of carboxylic acid groups (broad SMARTS) is 1. The van der Waals surface area contributed by atoms with Crippen molar-refractivity contribution in [2.75, 3.05) is 19.8 Å². The highest BCUT2D eigenvalue weighted by Gasteiger charge is 2.35. The molecule has 0 amide bonds. The van der Waals surface area contributed by atoms with Crippen LogP contribution >= 0.6 is 0 Å². The maximum Gasteiger partial charge on any atom is 0.342 e. The molecule has 3 rings (SSSR count). The number of guanidine groups is 1. The van der Waals surface area contributed by atoms with Gasteiger partial charge in [0.15, 0.2) is 0 Å². The summed E-state index contributed by atoms with van der Waals surface area (Å²) in [5.41, 5.74) is 0.0873. The van der Waals surface area contributed by atoms with Crippen LogP contribution in [0.25, 0.3) is 0 Å². The average Bonchev–Trinajstić information content (AvgIpc) is 2.81. The molecule has 7 heteroatoms. The Labute approximate surface area is 123 Å². The Bertz CT molecular complexity index is 522. The fourth-order valence-corrected chi connectivity index (χ4v) is 2.39. The van der Waals surface area contributed by atoms with Gasteiger partial charge in [0.25, 0.3) is 0 Å². The summed E-state index contributed by atoms with van der Waals surface area (Å²) in [6.07, 6.45) is 4.68. The van der Waals surface area contributed by atoms with Crippen molar-refractivity contribution in [3.8, 4) is 0 Å². The van der Waals surface area contributed by atoms with Gasteiger partial charge in [0.05, 0.1) is 19.2 Å². The molecule has 7 nitrogen and oxygen atoms in total. The number of aliphatic carboxylic acids is 1. The van der Waals surface area contributed by atoms with Gasteiger partial charge in [0.1, 0.15) is 11.7 Å². The second-order valence-corrected chi connectivity index (χ2v) is 5.30. The van der Waals surface area contributed by atoms with Crippen molar-refractivity contribution in [2.45, 2.75) is 38.3 Å². The van der Waals surface area contributed by atoms with Gasteiger partial charge in [0, 0.05) is 12.8 Å². The molecule has 3 aliphatic rings. The molecular weight excluding hydrogens is 274 g/mol. The number of carboxylic acids is 1. The molecule has 1 unspecified atom stereocenters. The van der Waals surface area contributed by atoms with E-state index in [9.17, 15) is 9.90 Å². The van der Waals surface area contributed by atoms with E-state index in [1.807, 2.05) is 6.92 Å². The maximum atomic E-state index is 11.4. The van der Waals surface area contributed by atoms with E-state index < -0.39 is 5.97 Å². The van der Waals surface area contributed by atoms with Crippen LogP contribution in [-0.4, -0.2) is 59.7 Å². The summed E-state index contributed by atoms with van der Waals surface area (Å²) in [4.78, 5) is 21.8. The van der Waals surface area contributed by atoms with Crippen molar-refractivity contribution >= 4 is 17.8 Å². The molecule has 0 bridgehead atoms. The zero-order valence-electron chi connectivity index (χ0n) is 12.0. The number of hydrogen-bond donors (Lipinski definition) is 1. The molecule has 0 radical (unpaired) electrons. The van der Waals surface area contributed by atoms with E-state index in [4.69, 9.17) is 9.47 Å². The number of nitrogens with zero attached hydrogens (tertiary/aromatic N) is 3. The minimum absolute atomic E-state index is 0.00306. The summed E-state index contributed by atoms with van der Waals surface area (Å²) in [7, 11) is 0. The molecular formula is C14H19N3O4. The summed E-state index contributed by atoms with van der Waals surface area (Å²) < 4.78 is 11.1. The molecule has 1 aliphatic carbocycles. The number of carbonyl (C=O) groups is 1. The number of hydrogen-bond acceptors (Lipinski definition) is 6. The Morgan fingerprint density at radius 3 is 2.95 bits per heavy atom. The predicted octanol–water partition coefficient (Wildman–Crippen LogP) is 1.01. The smallest absolute Gasteiger partial charge is 0.342 e. The predicted molar refractivity (Wildman–Crippen MR) is 76.3 cm³/mol. The van der Waals surface area contributed by atoms with E-state index >= 15 is 0 Å². The fourth-order valence-electron chi connectivity index (χ4n) is 2.39. The van der Waals surface area contributed by atoms with Gasteiger partial charge in [-0.05, 0) is 26.2 Å². The Morgan fingerprint density at radius 2 is 2.33 bits per heavy atom. The van der Waals surface area contributed by atoms with Crippen LogP contribution < -0.4 is 0 Å². The molecule has 1 atom stereocenters. The zero-order valence-corrected chi connectivity index (χ0v) is 12.0. The van der Waals surface area contributed by atoms with Gasteiger partial charge in [0.2, 0.25) is 11.9 Å². The number of rotatable bonds is 5. The molecule has 1 fully saturated rings. The van der Waals surface area contributed by atoms with Crippen LogP contribution in [0.15, 0.2) is 21.8 Å². The molecule has 0 aromatic rings. The van der Waals surface area contributed by atoms with Crippen LogP contribution in [0, 0.1) is 0 Å². The van der Waals surface area contributed by atoms with E-state index in [-0.39, 0.29) is 23.6 Å². The van der Waals surface area contributed by atoms with Crippen molar-refractivity contribution in [3.63, 3.8) is 0 Å². The highest BCUT2D eigenvalue weighted by Crippen LogP contribution is 2.26. The molecule has 114 valence electrons. The molecule has 0 spiro atoms. The van der Waals surface area contributed by atoms with Crippen molar-refractivity contribution in [1.82, 2.24) is 4.90 Å². The van der Waals surface area contributed by atoms with Crippen LogP contribution in [-0.2, 0) is 14.3 Å². The molecule has 0 saturated heterocycles. The van der Waals surface area contributed by atoms with E-state index in [2.05, 4.69) is 9.98 Å². The summed E-state index contributed by atoms with van der Waals surface area (Å²) in [5, 5.41) is 9.37. The summed E-state index contributed by atoms with van der Waals surface area (Å²) in [6.45, 7) is 3.60. The lowest BCUT2D eigenvalue weighted by Crippen LogP contribution is -2.40. The van der Waals surface area contributed by atoms with Crippen molar-refractivity contribution in [3.05, 3.63) is 11.8 Å². The average molecular weight is 293 g/mol. The van der Waals surface area contributed by atoms with Gasteiger partial charge in [-0.25, -0.2) is 9.79 Å². The van der Waals surface area contributed by atoms with Gasteiger partial charge in [-0.1, -0.05) is 0 Å². The Kier molecular flexibility index (Phi) is 3.92. The summed E-state index contributed by atoms with van der Waals surface area (Å²) in [5.74, 6) is -0.340. The van der Waals surface area contributed by atoms with Crippen LogP contribution in [0.5, 0.6) is 0 Å². The number of ether oxygens (including phenoxy) is 2. The lowest BCUT2D eigenvalue weighted by atomic mass is 9.96. The van der Waals surface area contributed by atoms with Crippen LogP contribution in [0.2, 0.25) is 0 Å². The second kappa shape index (κ2) is 5.85. The molecule has 1 saturated carbocycles. The Morgan fingerprint density at radius 1 is 1.52 bits per heavy atom. The number of aliphatic imine (C=N–C) groups is 2. The van der Waals surface area contributed by atoms with Crippen molar-refractivity contribution < 1.29 is 19.4 Å². The first-order chi connectivity index (χ1) is 10.2. The minimum Gasteiger partial charge on any atom is -0.477 e. The van der Waals surface area contributed by atoms with Crippen LogP contribution in [0.4, 0.5) is 0 Å². The third-order valence-electron chi connectivity index (χ3n) is 3.84. The molecule has 2 aliphatic heterocycles. The van der Waals surface area contributed by atoms with Gasteiger partial charge in [-0.2, -0.15) is 4.99 Å². The molecule has 0 aromatic carbocycles. The highest BCUT2D eigenvalue weighted by molar-refractivity contribution is 6.20. The first-order valence-corrected chi connectivity index (χ1v) is 7.30. The maximum absolute atomic E-state index is 11.4. The second-order valence-electron chi connectivity index (χ2n) is 5.30. The van der Waals surface area contributed by atoms with Crippen molar-refractivity contribution in [2.24, 2.45) is 9.98 Å². The third kappa shape index (κ3) is 2.78. The summed E-state index contributed by atoms with van der Waals surface area (Å²) in [6, 6.07) is 0.00306. The van der Waals surface area contributed by atoms with E-state index in [0.29, 0.717) is 25.7 Å². The van der Waals surface area contributed by atoms with E-state index in [1.165, 1.54) is 0 Å². The fraction of sp³-hybridized carbons (Fsp3) is 0.643. The van der Waals surface area contributed by atoms with Gasteiger partial charge >= 0.3 is 5.97 Å². The molecule has 21 heavy (non-hydrogen) atoms. The molecule has 1 N–H and O–H groups in total. The van der Waals surface area contributed by atoms with Gasteiger partial charge in [-0.15, -0.1) is 0 Å². The Hall–Kier alpha value is -1.89. The lowest BCUT2D eigenvalue weighted by molar-refractivity contribution is -0.132. The lowest BCUT2D eigenvalue weighted by Gasteiger charge is -2.30. The Balaban J connectivity index is 1.77. The first kappa shape index (κ1) is 14.1.